The summed E-state index contributed by atoms with van der Waals surface area (Å²) >= 11 is 0. The minimum atomic E-state index is -4.03. The third-order valence-corrected chi connectivity index (χ3v) is 6.07. The van der Waals surface area contributed by atoms with Gasteiger partial charge in [-0.2, -0.15) is 13.7 Å². The highest BCUT2D eigenvalue weighted by Gasteiger charge is 2.19. The molecule has 0 aliphatic heterocycles. The van der Waals surface area contributed by atoms with Gasteiger partial charge < -0.3 is 18.4 Å². The minimum absolute atomic E-state index is 0.0411. The molecule has 0 aromatic heterocycles. The predicted molar refractivity (Wildman–Crippen MR) is 125 cm³/mol. The van der Waals surface area contributed by atoms with Crippen LogP contribution in [-0.2, 0) is 10.1 Å². The zero-order chi connectivity index (χ0) is 24.0. The van der Waals surface area contributed by atoms with Crippen LogP contribution in [0.3, 0.4) is 0 Å². The van der Waals surface area contributed by atoms with Crippen molar-refractivity contribution in [3.63, 3.8) is 0 Å². The Balaban J connectivity index is 1.93. The number of hydrogen-bond acceptors (Lipinski definition) is 7. The van der Waals surface area contributed by atoms with E-state index >= 15 is 0 Å². The first-order valence-electron chi connectivity index (χ1n) is 9.84. The third-order valence-electron chi connectivity index (χ3n) is 4.82. The van der Waals surface area contributed by atoms with Gasteiger partial charge in [0.05, 0.1) is 33.0 Å². The van der Waals surface area contributed by atoms with Gasteiger partial charge in [0.2, 0.25) is 0 Å². The second-order valence-corrected chi connectivity index (χ2v) is 8.55. The number of ether oxygens (including phenoxy) is 3. The van der Waals surface area contributed by atoms with Crippen LogP contribution in [0, 0.1) is 18.3 Å². The Kier molecular flexibility index (Phi) is 7.26. The van der Waals surface area contributed by atoms with Crippen molar-refractivity contribution in [1.29, 1.82) is 5.26 Å². The standard InChI is InChI=1S/C25H23NO6S/c1-17-5-9-21(10-6-17)33(27,28)32-23-11-7-18(14-24(23)30-3)13-20(16-26)19-8-12-22(29-2)25(15-19)31-4/h5-15H,1-4H3/b20-13+. The van der Waals surface area contributed by atoms with Gasteiger partial charge in [-0.25, -0.2) is 0 Å². The fraction of sp³-hybridized carbons (Fsp3) is 0.160. The third kappa shape index (κ3) is 5.45. The second kappa shape index (κ2) is 10.1. The number of hydrogen-bond donors (Lipinski definition) is 0. The Hall–Kier alpha value is -3.96. The van der Waals surface area contributed by atoms with E-state index in [1.54, 1.807) is 48.5 Å². The van der Waals surface area contributed by atoms with E-state index < -0.39 is 10.1 Å². The fourth-order valence-corrected chi connectivity index (χ4v) is 4.00. The predicted octanol–water partition coefficient (Wildman–Crippen LogP) is 4.85. The van der Waals surface area contributed by atoms with Crippen molar-refractivity contribution in [2.75, 3.05) is 21.3 Å². The van der Waals surface area contributed by atoms with Gasteiger partial charge in [0.1, 0.15) is 4.90 Å². The number of aryl methyl sites for hydroxylation is 1. The lowest BCUT2D eigenvalue weighted by molar-refractivity contribution is 0.355. The first-order chi connectivity index (χ1) is 15.8. The van der Waals surface area contributed by atoms with Crippen LogP contribution in [0.2, 0.25) is 0 Å². The molecule has 3 aromatic carbocycles. The number of nitriles is 1. The molecular formula is C25H23NO6S. The molecule has 0 saturated heterocycles. The molecule has 8 heteroatoms. The Bertz CT molecular complexity index is 1320. The Morgan fingerprint density at radius 2 is 1.42 bits per heavy atom. The first kappa shape index (κ1) is 23.7. The summed E-state index contributed by atoms with van der Waals surface area (Å²) in [5.41, 5.74) is 2.57. The lowest BCUT2D eigenvalue weighted by Gasteiger charge is -2.12. The minimum Gasteiger partial charge on any atom is -0.493 e. The van der Waals surface area contributed by atoms with Crippen LogP contribution in [0.15, 0.2) is 65.6 Å². The summed E-state index contributed by atoms with van der Waals surface area (Å²) in [6, 6.07) is 18.4. The lowest BCUT2D eigenvalue weighted by Crippen LogP contribution is -2.10. The number of rotatable bonds is 8. The van der Waals surface area contributed by atoms with Gasteiger partial charge in [-0.05, 0) is 66.6 Å². The van der Waals surface area contributed by atoms with E-state index in [0.29, 0.717) is 28.2 Å². The van der Waals surface area contributed by atoms with Crippen molar-refractivity contribution in [3.8, 4) is 29.1 Å². The van der Waals surface area contributed by atoms with Gasteiger partial charge >= 0.3 is 10.1 Å². The summed E-state index contributed by atoms with van der Waals surface area (Å²) in [5.74, 6) is 1.30. The maximum Gasteiger partial charge on any atom is 0.339 e. The molecule has 33 heavy (non-hydrogen) atoms. The molecule has 3 aromatic rings. The summed E-state index contributed by atoms with van der Waals surface area (Å²) in [4.78, 5) is 0.0411. The summed E-state index contributed by atoms with van der Waals surface area (Å²) in [6.45, 7) is 1.87. The topological polar surface area (TPSA) is 94.9 Å². The van der Waals surface area contributed by atoms with Crippen molar-refractivity contribution in [2.24, 2.45) is 0 Å². The summed E-state index contributed by atoms with van der Waals surface area (Å²) in [5, 5.41) is 9.68. The van der Waals surface area contributed by atoms with Crippen LogP contribution >= 0.6 is 0 Å². The monoisotopic (exact) mass is 465 g/mol. The van der Waals surface area contributed by atoms with E-state index in [1.165, 1.54) is 39.5 Å². The average Bonchev–Trinajstić information content (AvgIpc) is 2.82. The van der Waals surface area contributed by atoms with Gasteiger partial charge in [-0.3, -0.25) is 0 Å². The van der Waals surface area contributed by atoms with Crippen molar-refractivity contribution in [1.82, 2.24) is 0 Å². The zero-order valence-electron chi connectivity index (χ0n) is 18.7. The van der Waals surface area contributed by atoms with Crippen LogP contribution < -0.4 is 18.4 Å². The van der Waals surface area contributed by atoms with Crippen molar-refractivity contribution < 1.29 is 26.8 Å². The van der Waals surface area contributed by atoms with Gasteiger partial charge in [0.15, 0.2) is 23.0 Å². The normalized spacial score (nSPS) is 11.4. The molecule has 0 radical (unpaired) electrons. The molecule has 0 saturated carbocycles. The van der Waals surface area contributed by atoms with E-state index in [1.807, 2.05) is 6.92 Å². The summed E-state index contributed by atoms with van der Waals surface area (Å²) in [6.07, 6.45) is 1.65. The number of methoxy groups -OCH3 is 3. The maximum absolute atomic E-state index is 12.6. The molecule has 0 bridgehead atoms. The highest BCUT2D eigenvalue weighted by molar-refractivity contribution is 7.87. The highest BCUT2D eigenvalue weighted by Crippen LogP contribution is 2.34. The molecule has 0 fully saturated rings. The number of benzene rings is 3. The molecule has 0 N–H and O–H groups in total. The van der Waals surface area contributed by atoms with E-state index in [0.717, 1.165) is 5.56 Å². The van der Waals surface area contributed by atoms with Gasteiger partial charge in [-0.15, -0.1) is 0 Å². The van der Waals surface area contributed by atoms with Crippen molar-refractivity contribution in [2.45, 2.75) is 11.8 Å². The quantitative estimate of drug-likeness (QED) is 0.266. The van der Waals surface area contributed by atoms with Gasteiger partial charge in [0, 0.05) is 0 Å². The molecule has 0 heterocycles. The first-order valence-corrected chi connectivity index (χ1v) is 11.3. The number of nitrogens with zero attached hydrogens (tertiary/aromatic N) is 1. The van der Waals surface area contributed by atoms with Crippen molar-refractivity contribution >= 4 is 21.8 Å². The molecule has 0 unspecified atom stereocenters. The SMILES string of the molecule is COc1ccc(/C(C#N)=C/c2ccc(OS(=O)(=O)c3ccc(C)cc3)c(OC)c2)cc1OC. The Labute approximate surface area is 193 Å². The fourth-order valence-electron chi connectivity index (χ4n) is 3.06. The second-order valence-electron chi connectivity index (χ2n) is 7.00. The van der Waals surface area contributed by atoms with E-state index in [2.05, 4.69) is 6.07 Å². The molecular weight excluding hydrogens is 442 g/mol. The molecule has 0 aliphatic rings. The van der Waals surface area contributed by atoms with Gasteiger partial charge in [-0.1, -0.05) is 23.8 Å². The number of allylic oxidation sites excluding steroid dienone is 1. The van der Waals surface area contributed by atoms with Gasteiger partial charge in [0.25, 0.3) is 0 Å². The Morgan fingerprint density at radius 3 is 2.03 bits per heavy atom. The molecule has 0 spiro atoms. The maximum atomic E-state index is 12.6. The highest BCUT2D eigenvalue weighted by atomic mass is 32.2. The average molecular weight is 466 g/mol. The molecule has 0 aliphatic carbocycles. The van der Waals surface area contributed by atoms with E-state index in [-0.39, 0.29) is 16.4 Å². The van der Waals surface area contributed by atoms with Crippen LogP contribution in [-0.4, -0.2) is 29.7 Å². The molecule has 0 atom stereocenters. The Morgan fingerprint density at radius 1 is 0.818 bits per heavy atom. The zero-order valence-corrected chi connectivity index (χ0v) is 19.5. The molecule has 3 rings (SSSR count). The van der Waals surface area contributed by atoms with E-state index in [4.69, 9.17) is 18.4 Å². The molecule has 170 valence electrons. The summed E-state index contributed by atoms with van der Waals surface area (Å²) in [7, 11) is 0.431. The van der Waals surface area contributed by atoms with Crippen LogP contribution in [0.4, 0.5) is 0 Å². The largest absolute Gasteiger partial charge is 0.493 e. The van der Waals surface area contributed by atoms with Crippen LogP contribution in [0.1, 0.15) is 16.7 Å². The summed E-state index contributed by atoms with van der Waals surface area (Å²) < 4.78 is 46.5. The van der Waals surface area contributed by atoms with Crippen LogP contribution in [0.25, 0.3) is 11.6 Å². The van der Waals surface area contributed by atoms with Crippen LogP contribution in [0.5, 0.6) is 23.0 Å². The molecule has 7 nitrogen and oxygen atoms in total. The lowest BCUT2D eigenvalue weighted by atomic mass is 10.0. The van der Waals surface area contributed by atoms with E-state index in [9.17, 15) is 13.7 Å². The molecule has 0 amide bonds. The smallest absolute Gasteiger partial charge is 0.339 e. The van der Waals surface area contributed by atoms with Crippen molar-refractivity contribution in [3.05, 3.63) is 77.4 Å².